The summed E-state index contributed by atoms with van der Waals surface area (Å²) in [5.41, 5.74) is 0. The van der Waals surface area contributed by atoms with Crippen LogP contribution in [-0.4, -0.2) is 60.8 Å². The zero-order chi connectivity index (χ0) is 20.5. The van der Waals surface area contributed by atoms with Crippen LogP contribution < -0.4 is 0 Å². The SMILES string of the molecule is N#CCCCOC1CCC2C(C1)C1CCN(CCCC#N)CC1N2CCCC#N. The summed E-state index contributed by atoms with van der Waals surface area (Å²) in [5, 5.41) is 26.5. The number of ether oxygens (including phenoxy) is 1. The van der Waals surface area contributed by atoms with Crippen molar-refractivity contribution in [3.05, 3.63) is 0 Å². The molecule has 5 unspecified atom stereocenters. The van der Waals surface area contributed by atoms with E-state index in [1.807, 2.05) is 0 Å². The molecule has 2 aliphatic heterocycles. The molecule has 6 nitrogen and oxygen atoms in total. The molecule has 6 heteroatoms. The molecule has 2 saturated heterocycles. The Morgan fingerprint density at radius 3 is 2.28 bits per heavy atom. The van der Waals surface area contributed by atoms with Crippen molar-refractivity contribution >= 4 is 0 Å². The Morgan fingerprint density at radius 2 is 1.52 bits per heavy atom. The average Bonchev–Trinajstić information content (AvgIpc) is 3.04. The van der Waals surface area contributed by atoms with Crippen LogP contribution in [-0.2, 0) is 4.74 Å². The molecule has 0 amide bonds. The summed E-state index contributed by atoms with van der Waals surface area (Å²) in [6, 6.07) is 8.01. The van der Waals surface area contributed by atoms with E-state index in [9.17, 15) is 0 Å². The van der Waals surface area contributed by atoms with Crippen LogP contribution in [0.5, 0.6) is 0 Å². The molecule has 1 aliphatic carbocycles. The summed E-state index contributed by atoms with van der Waals surface area (Å²) in [6.45, 7) is 5.04. The van der Waals surface area contributed by atoms with Gasteiger partial charge in [0.2, 0.25) is 0 Å². The number of rotatable bonds is 10. The minimum absolute atomic E-state index is 0.350. The Balaban J connectivity index is 1.60. The van der Waals surface area contributed by atoms with Crippen molar-refractivity contribution in [3.63, 3.8) is 0 Å². The van der Waals surface area contributed by atoms with Crippen LogP contribution in [0.4, 0.5) is 0 Å². The van der Waals surface area contributed by atoms with Crippen molar-refractivity contribution in [2.45, 2.75) is 82.4 Å². The van der Waals surface area contributed by atoms with Crippen LogP contribution in [0.1, 0.15) is 64.2 Å². The molecule has 0 aromatic rings. The summed E-state index contributed by atoms with van der Waals surface area (Å²) < 4.78 is 6.14. The smallest absolute Gasteiger partial charge is 0.0622 e. The lowest BCUT2D eigenvalue weighted by atomic mass is 9.74. The second-order valence-electron chi connectivity index (χ2n) is 8.88. The number of hydrogen-bond donors (Lipinski definition) is 0. The van der Waals surface area contributed by atoms with Crippen LogP contribution in [0.2, 0.25) is 0 Å². The molecule has 0 aromatic heterocycles. The van der Waals surface area contributed by atoms with Gasteiger partial charge in [-0.2, -0.15) is 15.8 Å². The minimum Gasteiger partial charge on any atom is -0.378 e. The van der Waals surface area contributed by atoms with Gasteiger partial charge in [0, 0.05) is 44.5 Å². The topological polar surface area (TPSA) is 87.1 Å². The molecule has 158 valence electrons. The normalized spacial score (nSPS) is 32.0. The zero-order valence-corrected chi connectivity index (χ0v) is 17.6. The van der Waals surface area contributed by atoms with Gasteiger partial charge in [-0.25, -0.2) is 0 Å². The molecule has 0 bridgehead atoms. The number of fused-ring (bicyclic) bond motifs is 3. The van der Waals surface area contributed by atoms with E-state index < -0.39 is 0 Å². The molecule has 0 radical (unpaired) electrons. The van der Waals surface area contributed by atoms with Gasteiger partial charge >= 0.3 is 0 Å². The monoisotopic (exact) mass is 397 g/mol. The van der Waals surface area contributed by atoms with Crippen LogP contribution in [0.3, 0.4) is 0 Å². The Labute approximate surface area is 176 Å². The Morgan fingerprint density at radius 1 is 0.793 bits per heavy atom. The first-order valence-electron chi connectivity index (χ1n) is 11.5. The second kappa shape index (κ2) is 11.5. The lowest BCUT2D eigenvalue weighted by molar-refractivity contribution is -0.00552. The van der Waals surface area contributed by atoms with Crippen LogP contribution in [0.15, 0.2) is 0 Å². The van der Waals surface area contributed by atoms with Crippen molar-refractivity contribution in [1.29, 1.82) is 15.8 Å². The third-order valence-corrected chi connectivity index (χ3v) is 7.19. The maximum absolute atomic E-state index is 8.98. The first kappa shape index (κ1) is 22.0. The highest BCUT2D eigenvalue weighted by Gasteiger charge is 2.51. The molecule has 5 atom stereocenters. The number of piperidine rings is 1. The predicted molar refractivity (Wildman–Crippen MR) is 110 cm³/mol. The number of unbranched alkanes of at least 4 members (excludes halogenated alkanes) is 3. The molecule has 0 N–H and O–H groups in total. The highest BCUT2D eigenvalue weighted by Crippen LogP contribution is 2.47. The van der Waals surface area contributed by atoms with Gasteiger partial charge < -0.3 is 9.64 Å². The van der Waals surface area contributed by atoms with Gasteiger partial charge in [-0.05, 0) is 76.4 Å². The summed E-state index contributed by atoms with van der Waals surface area (Å²) in [4.78, 5) is 5.30. The quantitative estimate of drug-likeness (QED) is 0.525. The van der Waals surface area contributed by atoms with E-state index in [1.165, 1.54) is 12.8 Å². The van der Waals surface area contributed by atoms with Crippen molar-refractivity contribution in [2.24, 2.45) is 11.8 Å². The van der Waals surface area contributed by atoms with Gasteiger partial charge in [-0.3, -0.25) is 4.90 Å². The first-order chi connectivity index (χ1) is 14.3. The third-order valence-electron chi connectivity index (χ3n) is 7.19. The van der Waals surface area contributed by atoms with E-state index in [0.29, 0.717) is 50.0 Å². The highest BCUT2D eigenvalue weighted by atomic mass is 16.5. The third kappa shape index (κ3) is 5.70. The van der Waals surface area contributed by atoms with Gasteiger partial charge in [-0.1, -0.05) is 0 Å². The van der Waals surface area contributed by atoms with E-state index in [0.717, 1.165) is 64.2 Å². The zero-order valence-electron chi connectivity index (χ0n) is 17.6. The van der Waals surface area contributed by atoms with Crippen molar-refractivity contribution in [1.82, 2.24) is 9.80 Å². The maximum atomic E-state index is 8.98. The number of likely N-dealkylation sites (tertiary alicyclic amines) is 2. The molecule has 3 rings (SSSR count). The standard InChI is InChI=1S/C23H35N5O/c24-10-1-4-13-27-15-9-20-21-17-19(29-16-6-3-12-26)7-8-22(21)28(23(20)18-27)14-5-2-11-25/h19-23H,1-9,13-18H2. The summed E-state index contributed by atoms with van der Waals surface area (Å²) in [7, 11) is 0. The Bertz CT molecular complexity index is 633. The summed E-state index contributed by atoms with van der Waals surface area (Å²) >= 11 is 0. The molecule has 2 heterocycles. The number of nitrogens with zero attached hydrogens (tertiary/aromatic N) is 5. The van der Waals surface area contributed by atoms with Gasteiger partial charge in [0.15, 0.2) is 0 Å². The largest absolute Gasteiger partial charge is 0.378 e. The van der Waals surface area contributed by atoms with Gasteiger partial charge in [-0.15, -0.1) is 0 Å². The molecule has 3 fully saturated rings. The number of nitriles is 3. The molecule has 3 aliphatic rings. The lowest BCUT2D eigenvalue weighted by Gasteiger charge is -2.39. The highest BCUT2D eigenvalue weighted by molar-refractivity contribution is 5.05. The number of hydrogen-bond acceptors (Lipinski definition) is 6. The van der Waals surface area contributed by atoms with Crippen LogP contribution >= 0.6 is 0 Å². The van der Waals surface area contributed by atoms with E-state index in [4.69, 9.17) is 20.5 Å². The Kier molecular flexibility index (Phi) is 8.75. The average molecular weight is 398 g/mol. The first-order valence-corrected chi connectivity index (χ1v) is 11.5. The molecular weight excluding hydrogens is 362 g/mol. The van der Waals surface area contributed by atoms with Gasteiger partial charge in [0.05, 0.1) is 24.3 Å². The fraction of sp³-hybridized carbons (Fsp3) is 0.870. The van der Waals surface area contributed by atoms with E-state index >= 15 is 0 Å². The fourth-order valence-corrected chi connectivity index (χ4v) is 5.94. The molecule has 0 spiro atoms. The van der Waals surface area contributed by atoms with Crippen molar-refractivity contribution in [3.8, 4) is 18.2 Å². The predicted octanol–water partition coefficient (Wildman–Crippen LogP) is 3.46. The fourth-order valence-electron chi connectivity index (χ4n) is 5.94. The van der Waals surface area contributed by atoms with Crippen molar-refractivity contribution in [2.75, 3.05) is 32.8 Å². The van der Waals surface area contributed by atoms with Crippen LogP contribution in [0, 0.1) is 45.8 Å². The molecular formula is C23H35N5O. The van der Waals surface area contributed by atoms with E-state index in [2.05, 4.69) is 28.0 Å². The summed E-state index contributed by atoms with van der Waals surface area (Å²) in [6.07, 6.45) is 9.70. The summed E-state index contributed by atoms with van der Waals surface area (Å²) in [5.74, 6) is 1.44. The van der Waals surface area contributed by atoms with E-state index in [1.54, 1.807) is 0 Å². The molecule has 29 heavy (non-hydrogen) atoms. The second-order valence-corrected chi connectivity index (χ2v) is 8.88. The van der Waals surface area contributed by atoms with Gasteiger partial charge in [0.1, 0.15) is 0 Å². The maximum Gasteiger partial charge on any atom is 0.0622 e. The molecule has 0 aromatic carbocycles. The van der Waals surface area contributed by atoms with Gasteiger partial charge in [0.25, 0.3) is 0 Å². The lowest BCUT2D eigenvalue weighted by Crippen LogP contribution is -2.49. The Hall–Kier alpha value is -1.65. The molecule has 1 saturated carbocycles. The minimum atomic E-state index is 0.350. The van der Waals surface area contributed by atoms with Crippen molar-refractivity contribution < 1.29 is 4.74 Å². The van der Waals surface area contributed by atoms with E-state index in [-0.39, 0.29) is 0 Å². The van der Waals surface area contributed by atoms with Crippen LogP contribution in [0.25, 0.3) is 0 Å².